The topological polar surface area (TPSA) is 32.8 Å². The molecule has 2 aliphatic rings. The molecule has 2 heterocycles. The molecule has 4 heteroatoms. The number of hydrogen-bond donors (Lipinski definition) is 0. The van der Waals surface area contributed by atoms with Crippen molar-refractivity contribution in [2.45, 2.75) is 38.3 Å². The van der Waals surface area contributed by atoms with Crippen LogP contribution in [0, 0.1) is 0 Å². The number of fused-ring (bicyclic) bond motifs is 2. The maximum absolute atomic E-state index is 12.6. The minimum Gasteiger partial charge on any atom is -0.494 e. The van der Waals surface area contributed by atoms with Gasteiger partial charge in [0.25, 0.3) is 0 Å². The van der Waals surface area contributed by atoms with Gasteiger partial charge in [0.15, 0.2) is 0 Å². The second kappa shape index (κ2) is 6.06. The zero-order valence-corrected chi connectivity index (χ0v) is 12.9. The lowest BCUT2D eigenvalue weighted by Gasteiger charge is -2.39. The van der Waals surface area contributed by atoms with E-state index in [2.05, 4.69) is 16.8 Å². The number of carbonyl (C=O) groups excluding carboxylic acids is 1. The fraction of sp³-hybridized carbons (Fsp3) is 0.588. The second-order valence-electron chi connectivity index (χ2n) is 6.16. The molecule has 2 atom stereocenters. The average molecular weight is 288 g/mol. The van der Waals surface area contributed by atoms with Crippen LogP contribution in [0.5, 0.6) is 5.75 Å². The second-order valence-corrected chi connectivity index (χ2v) is 6.16. The molecule has 0 spiro atoms. The summed E-state index contributed by atoms with van der Waals surface area (Å²) in [5.41, 5.74) is 1.07. The zero-order valence-electron chi connectivity index (χ0n) is 12.9. The third kappa shape index (κ3) is 3.05. The number of benzene rings is 1. The normalized spacial score (nSPS) is 25.1. The quantitative estimate of drug-likeness (QED) is 0.849. The molecule has 0 radical (unpaired) electrons. The van der Waals surface area contributed by atoms with Crippen molar-refractivity contribution in [3.05, 3.63) is 29.8 Å². The molecular formula is C17H24N2O2. The molecule has 2 aliphatic heterocycles. The zero-order chi connectivity index (χ0) is 14.8. The summed E-state index contributed by atoms with van der Waals surface area (Å²) < 4.78 is 5.44. The number of hydrogen-bond acceptors (Lipinski definition) is 3. The lowest BCUT2D eigenvalue weighted by atomic mass is 10.1. The van der Waals surface area contributed by atoms with Crippen molar-refractivity contribution in [2.75, 3.05) is 26.7 Å². The van der Waals surface area contributed by atoms with Crippen molar-refractivity contribution in [1.82, 2.24) is 9.80 Å². The third-order valence-electron chi connectivity index (χ3n) is 4.54. The van der Waals surface area contributed by atoms with E-state index in [9.17, 15) is 4.79 Å². The lowest BCUT2D eigenvalue weighted by Crippen LogP contribution is -2.54. The molecule has 1 aromatic rings. The van der Waals surface area contributed by atoms with Gasteiger partial charge < -0.3 is 14.5 Å². The Morgan fingerprint density at radius 2 is 1.81 bits per heavy atom. The molecule has 0 saturated carbocycles. The van der Waals surface area contributed by atoms with Crippen LogP contribution < -0.4 is 4.74 Å². The molecule has 21 heavy (non-hydrogen) atoms. The molecule has 0 aromatic heterocycles. The maximum atomic E-state index is 12.6. The summed E-state index contributed by atoms with van der Waals surface area (Å²) in [7, 11) is 2.15. The molecule has 2 fully saturated rings. The number of rotatable bonds is 4. The first-order chi connectivity index (χ1) is 10.2. The highest BCUT2D eigenvalue weighted by Gasteiger charge is 2.41. The van der Waals surface area contributed by atoms with Gasteiger partial charge in [-0.3, -0.25) is 4.79 Å². The summed E-state index contributed by atoms with van der Waals surface area (Å²) in [5.74, 6) is 1.15. The van der Waals surface area contributed by atoms with E-state index in [1.807, 2.05) is 31.2 Å². The van der Waals surface area contributed by atoms with Crippen molar-refractivity contribution in [3.63, 3.8) is 0 Å². The van der Waals surface area contributed by atoms with Crippen LogP contribution >= 0.6 is 0 Å². The summed E-state index contributed by atoms with van der Waals surface area (Å²) in [4.78, 5) is 17.1. The van der Waals surface area contributed by atoms with Gasteiger partial charge in [-0.25, -0.2) is 0 Å². The fourth-order valence-electron chi connectivity index (χ4n) is 3.66. The minimum atomic E-state index is 0.278. The van der Waals surface area contributed by atoms with Gasteiger partial charge in [0.2, 0.25) is 5.91 Å². The standard InChI is InChI=1S/C17H24N2O2/c1-3-21-16-8-4-13(5-9-16)10-17(20)19-14-6-7-15(19)12-18(2)11-14/h4-5,8-9,14-15H,3,6-7,10-12H2,1-2H3. The monoisotopic (exact) mass is 288 g/mol. The highest BCUT2D eigenvalue weighted by atomic mass is 16.5. The van der Waals surface area contributed by atoms with E-state index in [1.165, 1.54) is 0 Å². The van der Waals surface area contributed by atoms with E-state index in [1.54, 1.807) is 0 Å². The number of likely N-dealkylation sites (tertiary alicyclic amines) is 1. The van der Waals surface area contributed by atoms with Crippen LogP contribution in [0.2, 0.25) is 0 Å². The number of ether oxygens (including phenoxy) is 1. The van der Waals surface area contributed by atoms with E-state index in [0.29, 0.717) is 25.1 Å². The number of piperazine rings is 1. The van der Waals surface area contributed by atoms with Gasteiger partial charge in [-0.2, -0.15) is 0 Å². The highest BCUT2D eigenvalue weighted by Crippen LogP contribution is 2.30. The van der Waals surface area contributed by atoms with Crippen molar-refractivity contribution in [3.8, 4) is 5.75 Å². The smallest absolute Gasteiger partial charge is 0.227 e. The summed E-state index contributed by atoms with van der Waals surface area (Å²) in [6.45, 7) is 4.68. The van der Waals surface area contributed by atoms with Crippen LogP contribution in [0.1, 0.15) is 25.3 Å². The van der Waals surface area contributed by atoms with Gasteiger partial charge in [-0.05, 0) is 44.5 Å². The van der Waals surface area contributed by atoms with Crippen LogP contribution in [0.4, 0.5) is 0 Å². The molecule has 3 rings (SSSR count). The van der Waals surface area contributed by atoms with Gasteiger partial charge in [-0.1, -0.05) is 12.1 Å². The summed E-state index contributed by atoms with van der Waals surface area (Å²) >= 11 is 0. The van der Waals surface area contributed by atoms with Gasteiger partial charge >= 0.3 is 0 Å². The first kappa shape index (κ1) is 14.4. The summed E-state index contributed by atoms with van der Waals surface area (Å²) in [5, 5.41) is 0. The Balaban J connectivity index is 1.64. The highest BCUT2D eigenvalue weighted by molar-refractivity contribution is 5.80. The van der Waals surface area contributed by atoms with E-state index < -0.39 is 0 Å². The van der Waals surface area contributed by atoms with E-state index in [4.69, 9.17) is 4.74 Å². The van der Waals surface area contributed by atoms with E-state index in [-0.39, 0.29) is 5.91 Å². The number of nitrogens with zero attached hydrogens (tertiary/aromatic N) is 2. The predicted molar refractivity (Wildman–Crippen MR) is 82.5 cm³/mol. The van der Waals surface area contributed by atoms with Gasteiger partial charge in [0.1, 0.15) is 5.75 Å². The molecule has 1 amide bonds. The van der Waals surface area contributed by atoms with Crippen LogP contribution in [0.25, 0.3) is 0 Å². The molecule has 1 aromatic carbocycles. The molecule has 2 saturated heterocycles. The van der Waals surface area contributed by atoms with Crippen LogP contribution in [0.3, 0.4) is 0 Å². The predicted octanol–water partition coefficient (Wildman–Crippen LogP) is 1.93. The molecule has 4 nitrogen and oxygen atoms in total. The molecule has 114 valence electrons. The number of carbonyl (C=O) groups is 1. The molecule has 0 N–H and O–H groups in total. The lowest BCUT2D eigenvalue weighted by molar-refractivity contribution is -0.135. The first-order valence-corrected chi connectivity index (χ1v) is 7.89. The maximum Gasteiger partial charge on any atom is 0.227 e. The number of likely N-dealkylation sites (N-methyl/N-ethyl adjacent to an activating group) is 1. The Kier molecular flexibility index (Phi) is 4.15. The van der Waals surface area contributed by atoms with Crippen LogP contribution in [-0.4, -0.2) is 54.5 Å². The fourth-order valence-corrected chi connectivity index (χ4v) is 3.66. The van der Waals surface area contributed by atoms with Crippen LogP contribution in [-0.2, 0) is 11.2 Å². The summed E-state index contributed by atoms with van der Waals surface area (Å²) in [6, 6.07) is 8.74. The Bertz CT molecular complexity index is 486. The van der Waals surface area contributed by atoms with Crippen molar-refractivity contribution in [2.24, 2.45) is 0 Å². The Morgan fingerprint density at radius 1 is 1.19 bits per heavy atom. The van der Waals surface area contributed by atoms with Gasteiger partial charge in [-0.15, -0.1) is 0 Å². The van der Waals surface area contributed by atoms with E-state index in [0.717, 1.165) is 37.2 Å². The number of amides is 1. The SMILES string of the molecule is CCOc1ccc(CC(=O)N2C3CCC2CN(C)C3)cc1. The molecule has 2 bridgehead atoms. The Morgan fingerprint density at radius 3 is 2.38 bits per heavy atom. The first-order valence-electron chi connectivity index (χ1n) is 7.89. The molecule has 0 aliphatic carbocycles. The van der Waals surface area contributed by atoms with Crippen LogP contribution in [0.15, 0.2) is 24.3 Å². The van der Waals surface area contributed by atoms with Gasteiger partial charge in [0.05, 0.1) is 13.0 Å². The summed E-state index contributed by atoms with van der Waals surface area (Å²) in [6.07, 6.45) is 2.82. The Hall–Kier alpha value is -1.55. The minimum absolute atomic E-state index is 0.278. The average Bonchev–Trinajstić information content (AvgIpc) is 2.74. The molecular weight excluding hydrogens is 264 g/mol. The van der Waals surface area contributed by atoms with Crippen molar-refractivity contribution < 1.29 is 9.53 Å². The Labute approximate surface area is 126 Å². The van der Waals surface area contributed by atoms with Crippen molar-refractivity contribution in [1.29, 1.82) is 0 Å². The van der Waals surface area contributed by atoms with Gasteiger partial charge in [0, 0.05) is 25.2 Å². The van der Waals surface area contributed by atoms with Crippen molar-refractivity contribution >= 4 is 5.91 Å². The third-order valence-corrected chi connectivity index (χ3v) is 4.54. The van der Waals surface area contributed by atoms with E-state index >= 15 is 0 Å². The molecule has 2 unspecified atom stereocenters. The largest absolute Gasteiger partial charge is 0.494 e.